The van der Waals surface area contributed by atoms with Crippen molar-refractivity contribution in [2.45, 2.75) is 58.5 Å². The normalized spacial score (nSPS) is 22.9. The minimum absolute atomic E-state index is 0.680. The third-order valence-corrected chi connectivity index (χ3v) is 5.16. The zero-order chi connectivity index (χ0) is 13.9. The summed E-state index contributed by atoms with van der Waals surface area (Å²) in [7, 11) is 0. The Hall–Kier alpha value is -0.450. The van der Waals surface area contributed by atoms with E-state index >= 15 is 0 Å². The molecule has 0 radical (unpaired) electrons. The molecule has 1 unspecified atom stereocenters. The van der Waals surface area contributed by atoms with Gasteiger partial charge in [0, 0.05) is 37.1 Å². The van der Waals surface area contributed by atoms with Crippen LogP contribution in [0.3, 0.4) is 0 Å². The second-order valence-electron chi connectivity index (χ2n) is 6.66. The molecule has 1 N–H and O–H groups in total. The maximum atomic E-state index is 5.48. The molecule has 2 heterocycles. The number of aromatic nitrogens is 1. The highest BCUT2D eigenvalue weighted by Gasteiger charge is 2.23. The Bertz CT molecular complexity index is 434. The summed E-state index contributed by atoms with van der Waals surface area (Å²) < 4.78 is 5.48. The Morgan fingerprint density at radius 2 is 2.20 bits per heavy atom. The SMILES string of the molecule is CC(C)Cc1nc(CC2CCOC2)sc1CNC1CC1. The van der Waals surface area contributed by atoms with Crippen LogP contribution in [0.4, 0.5) is 0 Å². The van der Waals surface area contributed by atoms with Crippen molar-refractivity contribution in [1.82, 2.24) is 10.3 Å². The topological polar surface area (TPSA) is 34.1 Å². The lowest BCUT2D eigenvalue weighted by atomic mass is 10.1. The van der Waals surface area contributed by atoms with Crippen molar-refractivity contribution in [3.8, 4) is 0 Å². The van der Waals surface area contributed by atoms with Gasteiger partial charge in [0.05, 0.1) is 10.7 Å². The molecule has 1 aromatic heterocycles. The fourth-order valence-electron chi connectivity index (χ4n) is 2.72. The predicted octanol–water partition coefficient (Wildman–Crippen LogP) is 3.17. The van der Waals surface area contributed by atoms with E-state index in [0.717, 1.165) is 38.6 Å². The first kappa shape index (κ1) is 14.5. The Labute approximate surface area is 126 Å². The molecule has 1 aliphatic carbocycles. The zero-order valence-corrected chi connectivity index (χ0v) is 13.5. The average molecular weight is 294 g/mol. The van der Waals surface area contributed by atoms with E-state index in [9.17, 15) is 0 Å². The fourth-order valence-corrected chi connectivity index (χ4v) is 3.89. The minimum Gasteiger partial charge on any atom is -0.381 e. The van der Waals surface area contributed by atoms with Crippen LogP contribution >= 0.6 is 11.3 Å². The summed E-state index contributed by atoms with van der Waals surface area (Å²) in [6, 6.07) is 0.774. The summed E-state index contributed by atoms with van der Waals surface area (Å²) in [5.74, 6) is 1.37. The number of thiazole rings is 1. The standard InChI is InChI=1S/C16H26N2OS/c1-11(2)7-14-15(9-17-13-3-4-13)20-16(18-14)8-12-5-6-19-10-12/h11-13,17H,3-10H2,1-2H3. The molecule has 2 aliphatic rings. The van der Waals surface area contributed by atoms with Crippen molar-refractivity contribution in [3.63, 3.8) is 0 Å². The first-order chi connectivity index (χ1) is 9.70. The van der Waals surface area contributed by atoms with Gasteiger partial charge in [-0.1, -0.05) is 13.8 Å². The number of nitrogens with zero attached hydrogens (tertiary/aromatic N) is 1. The summed E-state index contributed by atoms with van der Waals surface area (Å²) in [6.45, 7) is 7.44. The molecule has 3 nitrogen and oxygen atoms in total. The first-order valence-electron chi connectivity index (χ1n) is 7.99. The van der Waals surface area contributed by atoms with Gasteiger partial charge in [-0.3, -0.25) is 0 Å². The predicted molar refractivity (Wildman–Crippen MR) is 83.1 cm³/mol. The Morgan fingerprint density at radius 3 is 2.85 bits per heavy atom. The molecule has 3 rings (SSSR count). The number of hydrogen-bond donors (Lipinski definition) is 1. The molecule has 0 spiro atoms. The lowest BCUT2D eigenvalue weighted by Crippen LogP contribution is -2.15. The zero-order valence-electron chi connectivity index (χ0n) is 12.7. The second kappa shape index (κ2) is 6.54. The highest BCUT2D eigenvalue weighted by molar-refractivity contribution is 7.11. The van der Waals surface area contributed by atoms with E-state index in [-0.39, 0.29) is 0 Å². The van der Waals surface area contributed by atoms with Gasteiger partial charge in [-0.05, 0) is 37.5 Å². The van der Waals surface area contributed by atoms with Crippen LogP contribution in [0.15, 0.2) is 0 Å². The van der Waals surface area contributed by atoms with Crippen LogP contribution in [0, 0.1) is 11.8 Å². The molecule has 4 heteroatoms. The van der Waals surface area contributed by atoms with Crippen LogP contribution in [-0.4, -0.2) is 24.2 Å². The fraction of sp³-hybridized carbons (Fsp3) is 0.812. The van der Waals surface area contributed by atoms with Crippen LogP contribution in [0.5, 0.6) is 0 Å². The lowest BCUT2D eigenvalue weighted by molar-refractivity contribution is 0.186. The molecule has 2 fully saturated rings. The highest BCUT2D eigenvalue weighted by atomic mass is 32.1. The summed E-state index contributed by atoms with van der Waals surface area (Å²) >= 11 is 1.93. The Kier molecular flexibility index (Phi) is 4.74. The van der Waals surface area contributed by atoms with Crippen molar-refractivity contribution in [2.24, 2.45) is 11.8 Å². The Morgan fingerprint density at radius 1 is 1.35 bits per heavy atom. The summed E-state index contributed by atoms with van der Waals surface area (Å²) in [4.78, 5) is 6.41. The van der Waals surface area contributed by atoms with Gasteiger partial charge < -0.3 is 10.1 Å². The quantitative estimate of drug-likeness (QED) is 0.838. The van der Waals surface area contributed by atoms with E-state index in [1.807, 2.05) is 11.3 Å². The molecule has 0 amide bonds. The van der Waals surface area contributed by atoms with Crippen molar-refractivity contribution in [1.29, 1.82) is 0 Å². The number of nitrogens with one attached hydrogen (secondary N) is 1. The van der Waals surface area contributed by atoms with Gasteiger partial charge in [0.1, 0.15) is 0 Å². The van der Waals surface area contributed by atoms with Crippen molar-refractivity contribution in [3.05, 3.63) is 15.6 Å². The molecule has 1 aromatic rings. The minimum atomic E-state index is 0.680. The van der Waals surface area contributed by atoms with Crippen molar-refractivity contribution >= 4 is 11.3 Å². The molecule has 0 bridgehead atoms. The molecule has 1 aliphatic heterocycles. The van der Waals surface area contributed by atoms with Crippen LogP contribution < -0.4 is 5.32 Å². The van der Waals surface area contributed by atoms with Gasteiger partial charge >= 0.3 is 0 Å². The molecule has 0 aromatic carbocycles. The van der Waals surface area contributed by atoms with Crippen LogP contribution in [0.25, 0.3) is 0 Å². The van der Waals surface area contributed by atoms with E-state index in [2.05, 4.69) is 19.2 Å². The summed E-state index contributed by atoms with van der Waals surface area (Å²) in [6.07, 6.45) is 6.13. The van der Waals surface area contributed by atoms with E-state index in [1.54, 1.807) is 0 Å². The van der Waals surface area contributed by atoms with Gasteiger partial charge in [-0.2, -0.15) is 0 Å². The third-order valence-electron chi connectivity index (χ3n) is 4.04. The number of ether oxygens (including phenoxy) is 1. The van der Waals surface area contributed by atoms with Crippen LogP contribution in [0.1, 0.15) is 48.7 Å². The van der Waals surface area contributed by atoms with Crippen LogP contribution in [-0.2, 0) is 24.1 Å². The third kappa shape index (κ3) is 4.03. The van der Waals surface area contributed by atoms with Crippen molar-refractivity contribution in [2.75, 3.05) is 13.2 Å². The lowest BCUT2D eigenvalue weighted by Gasteiger charge is -2.05. The second-order valence-corrected chi connectivity index (χ2v) is 7.83. The number of hydrogen-bond acceptors (Lipinski definition) is 4. The maximum absolute atomic E-state index is 5.48. The smallest absolute Gasteiger partial charge is 0.0935 e. The molecule has 1 saturated carbocycles. The average Bonchev–Trinajstić information content (AvgIpc) is 2.95. The highest BCUT2D eigenvalue weighted by Crippen LogP contribution is 2.27. The van der Waals surface area contributed by atoms with Crippen molar-refractivity contribution < 1.29 is 4.74 Å². The molecule has 112 valence electrons. The largest absolute Gasteiger partial charge is 0.381 e. The summed E-state index contributed by atoms with van der Waals surface area (Å²) in [5, 5.41) is 4.96. The summed E-state index contributed by atoms with van der Waals surface area (Å²) in [5.41, 5.74) is 1.34. The van der Waals surface area contributed by atoms with Gasteiger partial charge in [0.2, 0.25) is 0 Å². The molecule has 1 atom stereocenters. The first-order valence-corrected chi connectivity index (χ1v) is 8.81. The Balaban J connectivity index is 1.65. The van der Waals surface area contributed by atoms with Gasteiger partial charge in [0.15, 0.2) is 0 Å². The van der Waals surface area contributed by atoms with Crippen LogP contribution in [0.2, 0.25) is 0 Å². The molecular weight excluding hydrogens is 268 g/mol. The van der Waals surface area contributed by atoms with Gasteiger partial charge in [-0.15, -0.1) is 11.3 Å². The van der Waals surface area contributed by atoms with Gasteiger partial charge in [0.25, 0.3) is 0 Å². The van der Waals surface area contributed by atoms with E-state index in [4.69, 9.17) is 9.72 Å². The van der Waals surface area contributed by atoms with E-state index < -0.39 is 0 Å². The molecule has 20 heavy (non-hydrogen) atoms. The molecular formula is C16H26N2OS. The van der Waals surface area contributed by atoms with E-state index in [0.29, 0.717) is 11.8 Å². The maximum Gasteiger partial charge on any atom is 0.0935 e. The molecule has 1 saturated heterocycles. The van der Waals surface area contributed by atoms with E-state index in [1.165, 1.54) is 34.8 Å². The number of rotatable bonds is 7. The van der Waals surface area contributed by atoms with Gasteiger partial charge in [-0.25, -0.2) is 4.98 Å². The monoisotopic (exact) mass is 294 g/mol.